The smallest absolute Gasteiger partial charge is 0.254 e. The molecule has 0 saturated carbocycles. The highest BCUT2D eigenvalue weighted by Crippen LogP contribution is 2.00. The fourth-order valence-corrected chi connectivity index (χ4v) is 1.27. The summed E-state index contributed by atoms with van der Waals surface area (Å²) in [6.45, 7) is 5.72. The van der Waals surface area contributed by atoms with Gasteiger partial charge in [0, 0.05) is 0 Å². The summed E-state index contributed by atoms with van der Waals surface area (Å²) in [7, 11) is -2.13. The lowest BCUT2D eigenvalue weighted by atomic mass is 10.3. The molecular formula is C7H15OSi. The summed E-state index contributed by atoms with van der Waals surface area (Å²) in [5.74, 6) is 0. The van der Waals surface area contributed by atoms with Gasteiger partial charge in [0.05, 0.1) is 0 Å². The minimum Gasteiger partial charge on any atom is -0.293 e. The van der Waals surface area contributed by atoms with Crippen molar-refractivity contribution in [2.24, 2.45) is 0 Å². The maximum absolute atomic E-state index is 11.0. The minimum absolute atomic E-state index is 1.05. The molecule has 0 bridgehead atoms. The van der Waals surface area contributed by atoms with Crippen LogP contribution in [0.15, 0.2) is 11.8 Å². The second kappa shape index (κ2) is 3.85. The van der Waals surface area contributed by atoms with Gasteiger partial charge >= 0.3 is 0 Å². The molecule has 0 aliphatic rings. The van der Waals surface area contributed by atoms with Gasteiger partial charge in [0.1, 0.15) is 0 Å². The highest BCUT2D eigenvalue weighted by atomic mass is 28.4. The Morgan fingerprint density at radius 3 is 2.33 bits per heavy atom. The Hall–Kier alpha value is -0.0831. The number of rotatable bonds is 3. The van der Waals surface area contributed by atoms with E-state index in [9.17, 15) is 4.80 Å². The van der Waals surface area contributed by atoms with Gasteiger partial charge in [-0.15, -0.1) is 0 Å². The summed E-state index contributed by atoms with van der Waals surface area (Å²) in [6, 6.07) is 0. The molecular weight excluding hydrogens is 128 g/mol. The number of unbranched alkanes of at least 4 members (excludes halogenated alkanes) is 1. The van der Waals surface area contributed by atoms with Crippen LogP contribution in [0.1, 0.15) is 19.8 Å². The van der Waals surface area contributed by atoms with Crippen LogP contribution < -0.4 is 0 Å². The molecule has 0 rings (SSSR count). The van der Waals surface area contributed by atoms with Crippen LogP contribution in [0, 0.1) is 0 Å². The summed E-state index contributed by atoms with van der Waals surface area (Å²) in [4.78, 5) is 11.0. The van der Waals surface area contributed by atoms with Crippen LogP contribution in [0.5, 0.6) is 0 Å². The lowest BCUT2D eigenvalue weighted by Gasteiger charge is -2.01. The largest absolute Gasteiger partial charge is 0.293 e. The molecule has 9 heavy (non-hydrogen) atoms. The fraction of sp³-hybridized carbons (Fsp3) is 0.714. The first kappa shape index (κ1) is 8.92. The van der Waals surface area contributed by atoms with Crippen molar-refractivity contribution in [1.82, 2.24) is 0 Å². The molecule has 0 fully saturated rings. The van der Waals surface area contributed by atoms with E-state index >= 15 is 0 Å². The van der Waals surface area contributed by atoms with Crippen molar-refractivity contribution in [3.8, 4) is 0 Å². The van der Waals surface area contributed by atoms with E-state index in [0.717, 1.165) is 12.8 Å². The Bertz CT molecular complexity index is 91.6. The first-order valence-electron chi connectivity index (χ1n) is 3.44. The Labute approximate surface area is 58.5 Å². The van der Waals surface area contributed by atoms with Crippen LogP contribution in [-0.4, -0.2) is 8.32 Å². The normalized spacial score (nSPS) is 12.9. The van der Waals surface area contributed by atoms with Crippen molar-refractivity contribution in [3.05, 3.63) is 11.8 Å². The second-order valence-corrected chi connectivity index (χ2v) is 6.33. The van der Waals surface area contributed by atoms with Gasteiger partial charge in [0.2, 0.25) is 0 Å². The van der Waals surface area contributed by atoms with Crippen LogP contribution >= 0.6 is 0 Å². The standard InChI is InChI=1S/C7H15OSi/c1-4-5-6-7-9(2,3)8/h6-7H,4-5H2,1-3H3/b7-6+. The maximum atomic E-state index is 11.0. The monoisotopic (exact) mass is 143 g/mol. The fourth-order valence-electron chi connectivity index (χ4n) is 0.534. The molecule has 0 amide bonds. The van der Waals surface area contributed by atoms with Gasteiger partial charge in [-0.05, 0) is 19.5 Å². The Kier molecular flexibility index (Phi) is 3.82. The van der Waals surface area contributed by atoms with Crippen LogP contribution in [0.2, 0.25) is 13.1 Å². The summed E-state index contributed by atoms with van der Waals surface area (Å²) in [5.41, 5.74) is 1.86. The Balaban J connectivity index is 3.45. The van der Waals surface area contributed by atoms with E-state index in [2.05, 4.69) is 6.92 Å². The lowest BCUT2D eigenvalue weighted by molar-refractivity contribution is 0.442. The molecule has 0 aromatic rings. The van der Waals surface area contributed by atoms with Gasteiger partial charge in [0.15, 0.2) is 0 Å². The van der Waals surface area contributed by atoms with Crippen molar-refractivity contribution in [2.75, 3.05) is 0 Å². The SMILES string of the molecule is CCC/C=C/[Si](C)(C)[O]. The van der Waals surface area contributed by atoms with Crippen molar-refractivity contribution < 1.29 is 4.80 Å². The quantitative estimate of drug-likeness (QED) is 0.541. The van der Waals surface area contributed by atoms with Crippen LogP contribution in [-0.2, 0) is 4.80 Å². The van der Waals surface area contributed by atoms with Gasteiger partial charge in [0.25, 0.3) is 8.32 Å². The minimum atomic E-state index is -2.13. The maximum Gasteiger partial charge on any atom is 0.254 e. The average molecular weight is 143 g/mol. The summed E-state index contributed by atoms with van der Waals surface area (Å²) in [5, 5.41) is 0. The zero-order valence-electron chi connectivity index (χ0n) is 6.48. The molecule has 0 saturated heterocycles. The van der Waals surface area contributed by atoms with E-state index in [1.165, 1.54) is 0 Å². The molecule has 1 nitrogen and oxygen atoms in total. The van der Waals surface area contributed by atoms with E-state index in [4.69, 9.17) is 0 Å². The summed E-state index contributed by atoms with van der Waals surface area (Å²) >= 11 is 0. The van der Waals surface area contributed by atoms with Gasteiger partial charge in [-0.1, -0.05) is 25.1 Å². The summed E-state index contributed by atoms with van der Waals surface area (Å²) in [6.07, 6.45) is 4.21. The van der Waals surface area contributed by atoms with Crippen molar-refractivity contribution in [2.45, 2.75) is 32.9 Å². The topological polar surface area (TPSA) is 19.9 Å². The van der Waals surface area contributed by atoms with Crippen LogP contribution in [0.25, 0.3) is 0 Å². The molecule has 0 aliphatic carbocycles. The second-order valence-electron chi connectivity index (χ2n) is 2.79. The molecule has 53 valence electrons. The van der Waals surface area contributed by atoms with Gasteiger partial charge in [-0.2, -0.15) is 0 Å². The van der Waals surface area contributed by atoms with Crippen molar-refractivity contribution >= 4 is 8.32 Å². The molecule has 0 aliphatic heterocycles. The Morgan fingerprint density at radius 1 is 1.44 bits per heavy atom. The molecule has 0 aromatic carbocycles. The van der Waals surface area contributed by atoms with Crippen molar-refractivity contribution in [3.63, 3.8) is 0 Å². The molecule has 0 N–H and O–H groups in total. The zero-order valence-corrected chi connectivity index (χ0v) is 7.48. The third-order valence-corrected chi connectivity index (χ3v) is 2.01. The van der Waals surface area contributed by atoms with E-state index in [0.29, 0.717) is 0 Å². The lowest BCUT2D eigenvalue weighted by Crippen LogP contribution is -2.18. The predicted molar refractivity (Wildman–Crippen MR) is 42.2 cm³/mol. The highest BCUT2D eigenvalue weighted by Gasteiger charge is 2.13. The highest BCUT2D eigenvalue weighted by molar-refractivity contribution is 6.74. The third kappa shape index (κ3) is 7.92. The predicted octanol–water partition coefficient (Wildman–Crippen LogP) is 2.52. The van der Waals surface area contributed by atoms with Gasteiger partial charge in [-0.25, -0.2) is 0 Å². The first-order chi connectivity index (χ1) is 4.06. The van der Waals surface area contributed by atoms with Gasteiger partial charge < -0.3 is 0 Å². The molecule has 1 radical (unpaired) electrons. The van der Waals surface area contributed by atoms with Crippen molar-refractivity contribution in [1.29, 1.82) is 0 Å². The summed E-state index contributed by atoms with van der Waals surface area (Å²) < 4.78 is 0. The Morgan fingerprint density at radius 2 is 2.00 bits per heavy atom. The third-order valence-electron chi connectivity index (χ3n) is 0.975. The number of allylic oxidation sites excluding steroid dienone is 1. The van der Waals surface area contributed by atoms with Crippen LogP contribution in [0.4, 0.5) is 0 Å². The van der Waals surface area contributed by atoms with E-state index in [1.54, 1.807) is 13.1 Å². The molecule has 0 aromatic heterocycles. The van der Waals surface area contributed by atoms with E-state index < -0.39 is 8.32 Å². The molecule has 0 heterocycles. The first-order valence-corrected chi connectivity index (χ1v) is 6.43. The zero-order chi connectivity index (χ0) is 7.33. The molecule has 2 heteroatoms. The number of hydrogen-bond acceptors (Lipinski definition) is 0. The molecule has 0 spiro atoms. The van der Waals surface area contributed by atoms with E-state index in [1.807, 2.05) is 11.8 Å². The molecule has 0 unspecified atom stereocenters. The van der Waals surface area contributed by atoms with Gasteiger partial charge in [-0.3, -0.25) is 4.80 Å². The molecule has 0 atom stereocenters. The number of hydrogen-bond donors (Lipinski definition) is 0. The van der Waals surface area contributed by atoms with E-state index in [-0.39, 0.29) is 0 Å². The average Bonchev–Trinajstić information content (AvgIpc) is 1.63. The van der Waals surface area contributed by atoms with Crippen LogP contribution in [0.3, 0.4) is 0 Å².